The van der Waals surface area contributed by atoms with Crippen LogP contribution in [0.25, 0.3) is 22.2 Å². The Bertz CT molecular complexity index is 1520. The second-order valence-electron chi connectivity index (χ2n) is 9.71. The van der Waals surface area contributed by atoms with E-state index in [4.69, 9.17) is 21.3 Å². The number of anilines is 2. The number of aromatic amines is 1. The molecule has 0 radical (unpaired) electrons. The number of nitrogens with one attached hydrogen (secondary N) is 3. The summed E-state index contributed by atoms with van der Waals surface area (Å²) in [7, 11) is 5.82. The van der Waals surface area contributed by atoms with Gasteiger partial charge >= 0.3 is 170 Å². The number of carbonyl (C=O) groups is 1. The molecule has 2 fully saturated rings. The van der Waals surface area contributed by atoms with Gasteiger partial charge in [0.2, 0.25) is 0 Å². The zero-order valence-electron chi connectivity index (χ0n) is 22.0. The molecule has 4 heterocycles. The Balaban J connectivity index is 1.10. The summed E-state index contributed by atoms with van der Waals surface area (Å²) in [5, 5.41) is 8.17. The molecule has 0 saturated carbocycles. The number of fused-ring (bicyclic) bond motifs is 1. The predicted octanol–water partition coefficient (Wildman–Crippen LogP) is 4.98. The van der Waals surface area contributed by atoms with E-state index in [1.54, 1.807) is 13.3 Å². The Hall–Kier alpha value is -2.36. The summed E-state index contributed by atoms with van der Waals surface area (Å²) in [5.41, 5.74) is 3.43. The SMILES string of the molecule is COc1ccc([As]2SCCS2)cc1NC(=O)CN1CCC[C@@H](Nc2ncc(Cl)c(-c3c[nH]c4ccccc34)n2)C1. The Morgan fingerprint density at radius 3 is 2.95 bits per heavy atom. The topological polar surface area (TPSA) is 95.2 Å². The van der Waals surface area contributed by atoms with Gasteiger partial charge < -0.3 is 4.98 Å². The van der Waals surface area contributed by atoms with Gasteiger partial charge in [0.05, 0.1) is 16.9 Å². The van der Waals surface area contributed by atoms with Crippen molar-refractivity contribution in [3.8, 4) is 17.0 Å². The third kappa shape index (κ3) is 6.26. The summed E-state index contributed by atoms with van der Waals surface area (Å²) in [5.74, 6) is 3.63. The van der Waals surface area contributed by atoms with E-state index in [0.29, 0.717) is 29.0 Å². The van der Waals surface area contributed by atoms with Crippen LogP contribution in [-0.2, 0) is 4.79 Å². The average Bonchev–Trinajstić information content (AvgIpc) is 3.65. The monoisotopic (exact) mass is 656 g/mol. The van der Waals surface area contributed by atoms with Crippen LogP contribution >= 0.6 is 31.6 Å². The molecular formula is C28H30AsClN6O2S2. The third-order valence-electron chi connectivity index (χ3n) is 6.96. The van der Waals surface area contributed by atoms with Crippen LogP contribution in [0.1, 0.15) is 12.8 Å². The molecule has 2 saturated heterocycles. The number of piperidine rings is 1. The summed E-state index contributed by atoms with van der Waals surface area (Å²) < 4.78 is 6.90. The fraction of sp³-hybridized carbons (Fsp3) is 0.321. The van der Waals surface area contributed by atoms with Crippen LogP contribution in [-0.4, -0.2) is 82.4 Å². The molecule has 0 unspecified atom stereocenters. The van der Waals surface area contributed by atoms with E-state index in [9.17, 15) is 4.79 Å². The first-order valence-corrected chi connectivity index (χ1v) is 21.0. The zero-order valence-corrected chi connectivity index (χ0v) is 26.3. The van der Waals surface area contributed by atoms with Crippen LogP contribution in [0.5, 0.6) is 5.75 Å². The first-order valence-electron chi connectivity index (χ1n) is 13.2. The van der Waals surface area contributed by atoms with Gasteiger partial charge in [-0.1, -0.05) is 29.8 Å². The fourth-order valence-electron chi connectivity index (χ4n) is 5.12. The van der Waals surface area contributed by atoms with Gasteiger partial charge in [-0.2, -0.15) is 0 Å². The van der Waals surface area contributed by atoms with Crippen LogP contribution in [0.3, 0.4) is 0 Å². The Kier molecular flexibility index (Phi) is 8.79. The van der Waals surface area contributed by atoms with Crippen molar-refractivity contribution in [3.05, 3.63) is 59.9 Å². The van der Waals surface area contributed by atoms with Crippen LogP contribution in [0.2, 0.25) is 5.02 Å². The molecule has 0 bridgehead atoms. The average molecular weight is 657 g/mol. The number of halogens is 1. The molecule has 208 valence electrons. The van der Waals surface area contributed by atoms with Crippen LogP contribution in [0, 0.1) is 0 Å². The molecule has 1 atom stereocenters. The standard InChI is InChI=1S/C28H30AsClN6O2S2/c1-38-25-9-8-18(29-39-11-12-40-29)13-24(25)34-26(37)17-36-10-4-5-19(16-36)33-28-32-15-22(30)27(35-28)21-14-31-23-7-3-2-6-20(21)23/h2-3,6-9,13-15,19,31H,4-5,10-12,16-17H2,1H3,(H,34,37)(H,32,33,35)/t19-/m1/s1. The summed E-state index contributed by atoms with van der Waals surface area (Å²) in [6.45, 7) is 1.91. The van der Waals surface area contributed by atoms with E-state index in [0.717, 1.165) is 48.1 Å². The van der Waals surface area contributed by atoms with Crippen molar-refractivity contribution in [3.63, 3.8) is 0 Å². The van der Waals surface area contributed by atoms with Gasteiger partial charge in [0.1, 0.15) is 0 Å². The number of rotatable bonds is 8. The van der Waals surface area contributed by atoms with E-state index in [2.05, 4.69) is 63.7 Å². The molecule has 4 aromatic rings. The number of aromatic nitrogens is 3. The van der Waals surface area contributed by atoms with Crippen LogP contribution < -0.4 is 19.7 Å². The van der Waals surface area contributed by atoms with Crippen molar-refractivity contribution in [1.29, 1.82) is 0 Å². The van der Waals surface area contributed by atoms with E-state index in [-0.39, 0.29) is 11.9 Å². The first-order chi connectivity index (χ1) is 19.6. The second kappa shape index (κ2) is 12.7. The van der Waals surface area contributed by atoms with E-state index in [1.165, 1.54) is 15.9 Å². The number of nitrogens with zero attached hydrogens (tertiary/aromatic N) is 3. The molecule has 0 spiro atoms. The van der Waals surface area contributed by atoms with Crippen LogP contribution in [0.15, 0.2) is 54.9 Å². The molecular weight excluding hydrogens is 627 g/mol. The molecule has 2 aromatic heterocycles. The Morgan fingerprint density at radius 1 is 1.25 bits per heavy atom. The molecule has 8 nitrogen and oxygen atoms in total. The van der Waals surface area contributed by atoms with Crippen molar-refractivity contribution in [2.45, 2.75) is 18.9 Å². The van der Waals surface area contributed by atoms with Crippen molar-refractivity contribution < 1.29 is 9.53 Å². The molecule has 0 aliphatic carbocycles. The number of benzene rings is 2. The van der Waals surface area contributed by atoms with Gasteiger partial charge in [0.25, 0.3) is 0 Å². The van der Waals surface area contributed by atoms with Crippen molar-refractivity contribution in [1.82, 2.24) is 19.9 Å². The van der Waals surface area contributed by atoms with Crippen molar-refractivity contribution in [2.75, 3.05) is 48.9 Å². The summed E-state index contributed by atoms with van der Waals surface area (Å²) >= 11 is 5.37. The van der Waals surface area contributed by atoms with E-state index < -0.39 is 12.3 Å². The number of hydrogen-bond donors (Lipinski definition) is 3. The number of hydrogen-bond acceptors (Lipinski definition) is 8. The number of H-pyrrole nitrogens is 1. The Labute approximate surface area is 249 Å². The number of carbonyl (C=O) groups excluding carboxylic acids is 1. The van der Waals surface area contributed by atoms with E-state index in [1.807, 2.05) is 30.5 Å². The Morgan fingerprint density at radius 2 is 2.10 bits per heavy atom. The fourth-order valence-corrected chi connectivity index (χ4v) is 19.4. The molecule has 12 heteroatoms. The zero-order chi connectivity index (χ0) is 27.5. The molecule has 3 N–H and O–H groups in total. The second-order valence-corrected chi connectivity index (χ2v) is 21.9. The molecule has 2 aromatic carbocycles. The van der Waals surface area contributed by atoms with Gasteiger partial charge in [0, 0.05) is 22.7 Å². The molecule has 2 aliphatic rings. The van der Waals surface area contributed by atoms with Crippen molar-refractivity contribution in [2.24, 2.45) is 0 Å². The first kappa shape index (κ1) is 27.8. The minimum absolute atomic E-state index is 0.0327. The normalized spacial score (nSPS) is 18.2. The van der Waals surface area contributed by atoms with Gasteiger partial charge in [0.15, 0.2) is 0 Å². The van der Waals surface area contributed by atoms with Crippen molar-refractivity contribution >= 4 is 76.8 Å². The van der Waals surface area contributed by atoms with Gasteiger partial charge in [-0.05, 0) is 6.07 Å². The van der Waals surface area contributed by atoms with Gasteiger partial charge in [-0.15, -0.1) is 0 Å². The maximum absolute atomic E-state index is 13.1. The quantitative estimate of drug-likeness (QED) is 0.229. The minimum atomic E-state index is -1.15. The molecule has 40 heavy (non-hydrogen) atoms. The molecule has 6 rings (SSSR count). The molecule has 2 aliphatic heterocycles. The van der Waals surface area contributed by atoms with E-state index >= 15 is 0 Å². The number of amides is 1. The van der Waals surface area contributed by atoms with Gasteiger partial charge in [-0.3, -0.25) is 0 Å². The summed E-state index contributed by atoms with van der Waals surface area (Å²) in [6, 6.07) is 14.5. The summed E-state index contributed by atoms with van der Waals surface area (Å²) in [6.07, 6.45) is 5.54. The van der Waals surface area contributed by atoms with Crippen LogP contribution in [0.4, 0.5) is 11.6 Å². The summed E-state index contributed by atoms with van der Waals surface area (Å²) in [4.78, 5) is 27.8. The number of para-hydroxylation sites is 1. The molecule has 1 amide bonds. The number of likely N-dealkylation sites (tertiary alicyclic amines) is 1. The third-order valence-corrected chi connectivity index (χ3v) is 20.9. The van der Waals surface area contributed by atoms with Gasteiger partial charge in [-0.25, -0.2) is 0 Å². The predicted molar refractivity (Wildman–Crippen MR) is 169 cm³/mol. The number of ether oxygens (including phenoxy) is 1. The maximum atomic E-state index is 13.1. The number of methoxy groups -OCH3 is 1.